The van der Waals surface area contributed by atoms with E-state index in [1.54, 1.807) is 30.9 Å². The Kier molecular flexibility index (Phi) is 7.72. The van der Waals surface area contributed by atoms with Crippen LogP contribution in [0.5, 0.6) is 0 Å². The van der Waals surface area contributed by atoms with E-state index in [1.807, 2.05) is 6.92 Å². The number of benzene rings is 1. The smallest absolute Gasteiger partial charge is 0.311 e. The quantitative estimate of drug-likeness (QED) is 0.369. The lowest BCUT2D eigenvalue weighted by Gasteiger charge is -2.50. The van der Waals surface area contributed by atoms with Crippen LogP contribution in [0.15, 0.2) is 28.6 Å². The molecule has 182 valence electrons. The zero-order valence-corrected chi connectivity index (χ0v) is 21.1. The minimum absolute atomic E-state index is 0.0571. The van der Waals surface area contributed by atoms with Crippen LogP contribution in [0.3, 0.4) is 0 Å². The fraction of sp³-hybridized carbons (Fsp3) is 0.450. The van der Waals surface area contributed by atoms with Gasteiger partial charge in [-0.05, 0) is 23.4 Å². The van der Waals surface area contributed by atoms with Crippen molar-refractivity contribution in [2.45, 2.75) is 29.0 Å². The zero-order valence-electron chi connectivity index (χ0n) is 18.6. The highest BCUT2D eigenvalue weighted by atomic mass is 32.2. The Bertz CT molecular complexity index is 1070. The van der Waals surface area contributed by atoms with E-state index < -0.39 is 29.7 Å². The van der Waals surface area contributed by atoms with Crippen LogP contribution in [0.1, 0.15) is 18.7 Å². The van der Waals surface area contributed by atoms with Gasteiger partial charge in [0.05, 0.1) is 29.4 Å². The summed E-state index contributed by atoms with van der Waals surface area (Å²) in [5.74, 6) is -0.687. The summed E-state index contributed by atoms with van der Waals surface area (Å²) in [6, 6.07) is 5.55. The normalized spacial score (nSPS) is 24.8. The molecule has 1 aromatic carbocycles. The van der Waals surface area contributed by atoms with Crippen molar-refractivity contribution in [3.63, 3.8) is 0 Å². The molecule has 3 N–H and O–H groups in total. The van der Waals surface area contributed by atoms with Gasteiger partial charge in [0.2, 0.25) is 16.9 Å². The van der Waals surface area contributed by atoms with Crippen LogP contribution in [0.4, 0.5) is 14.3 Å². The maximum atomic E-state index is 13.4. The van der Waals surface area contributed by atoms with Crippen LogP contribution in [0, 0.1) is 11.7 Å². The number of carbonyl (C=O) groups is 3. The first-order valence-corrected chi connectivity index (χ1v) is 13.3. The van der Waals surface area contributed by atoms with E-state index in [1.165, 1.54) is 47.2 Å². The SMILES string of the molecule is CCSc1nnc(NC(=O)CSC2NC(c3ccc(F)cc3)NC3C2C(=O)N(C)C(=O)N3C)s1. The van der Waals surface area contributed by atoms with Gasteiger partial charge in [-0.25, -0.2) is 9.18 Å². The van der Waals surface area contributed by atoms with Crippen LogP contribution >= 0.6 is 34.9 Å². The number of amides is 4. The molecule has 2 saturated heterocycles. The largest absolute Gasteiger partial charge is 0.327 e. The summed E-state index contributed by atoms with van der Waals surface area (Å²) in [4.78, 5) is 40.7. The van der Waals surface area contributed by atoms with Crippen molar-refractivity contribution in [1.29, 1.82) is 0 Å². The Labute approximate surface area is 208 Å². The van der Waals surface area contributed by atoms with E-state index in [0.29, 0.717) is 5.13 Å². The molecular formula is C20H24FN7O3S3. The van der Waals surface area contributed by atoms with Crippen LogP contribution in [0.25, 0.3) is 0 Å². The number of carbonyl (C=O) groups excluding carboxylic acids is 3. The Morgan fingerprint density at radius 1 is 1.21 bits per heavy atom. The molecule has 4 unspecified atom stereocenters. The van der Waals surface area contributed by atoms with Gasteiger partial charge < -0.3 is 4.90 Å². The van der Waals surface area contributed by atoms with Gasteiger partial charge in [-0.15, -0.1) is 22.0 Å². The second-order valence-corrected chi connectivity index (χ2v) is 11.3. The molecule has 34 heavy (non-hydrogen) atoms. The summed E-state index contributed by atoms with van der Waals surface area (Å²) in [7, 11) is 3.07. The number of urea groups is 1. The van der Waals surface area contributed by atoms with Gasteiger partial charge in [-0.3, -0.25) is 30.4 Å². The summed E-state index contributed by atoms with van der Waals surface area (Å²) in [6.07, 6.45) is -1.05. The van der Waals surface area contributed by atoms with E-state index in [0.717, 1.165) is 20.6 Å². The molecule has 0 spiro atoms. The van der Waals surface area contributed by atoms with E-state index in [-0.39, 0.29) is 23.4 Å². The predicted octanol–water partition coefficient (Wildman–Crippen LogP) is 2.14. The standard InChI is InChI=1S/C20H24FN7O3S3/c1-4-32-19-26-25-18(34-19)22-12(29)9-33-16-13-15(27(2)20(31)28(3)17(13)30)23-14(24-16)10-5-7-11(21)8-6-10/h5-8,13-16,23-24H,4,9H2,1-3H3,(H,22,25,29). The molecule has 0 radical (unpaired) electrons. The number of halogens is 1. The molecule has 4 amide bonds. The van der Waals surface area contributed by atoms with Gasteiger partial charge in [0, 0.05) is 14.1 Å². The third-order valence-corrected chi connectivity index (χ3v) is 8.55. The highest BCUT2D eigenvalue weighted by molar-refractivity contribution is 8.01. The third kappa shape index (κ3) is 5.20. The fourth-order valence-electron chi connectivity index (χ4n) is 3.81. The molecular weight excluding hydrogens is 501 g/mol. The molecule has 10 nitrogen and oxygen atoms in total. The van der Waals surface area contributed by atoms with Crippen LogP contribution in [0.2, 0.25) is 0 Å². The second kappa shape index (κ2) is 10.6. The maximum absolute atomic E-state index is 13.4. The molecule has 2 fully saturated rings. The number of hydrogen-bond donors (Lipinski definition) is 3. The Morgan fingerprint density at radius 3 is 2.65 bits per heavy atom. The average Bonchev–Trinajstić information content (AvgIpc) is 3.26. The summed E-state index contributed by atoms with van der Waals surface area (Å²) in [6.45, 7) is 2.01. The highest BCUT2D eigenvalue weighted by Gasteiger charge is 2.51. The van der Waals surface area contributed by atoms with E-state index >= 15 is 0 Å². The van der Waals surface area contributed by atoms with E-state index in [2.05, 4.69) is 26.1 Å². The van der Waals surface area contributed by atoms with Crippen LogP contribution in [-0.4, -0.2) is 75.0 Å². The predicted molar refractivity (Wildman–Crippen MR) is 130 cm³/mol. The number of nitrogens with one attached hydrogen (secondary N) is 3. The van der Waals surface area contributed by atoms with Crippen LogP contribution < -0.4 is 16.0 Å². The summed E-state index contributed by atoms with van der Waals surface area (Å²) in [5.41, 5.74) is 0.747. The van der Waals surface area contributed by atoms with Gasteiger partial charge >= 0.3 is 6.03 Å². The number of rotatable bonds is 7. The minimum atomic E-state index is -0.628. The summed E-state index contributed by atoms with van der Waals surface area (Å²) in [5, 5.41) is 17.3. The third-order valence-electron chi connectivity index (χ3n) is 5.47. The molecule has 2 aliphatic heterocycles. The number of fused-ring (bicyclic) bond motifs is 1. The van der Waals surface area contributed by atoms with Crippen molar-refractivity contribution in [2.24, 2.45) is 5.92 Å². The summed E-state index contributed by atoms with van der Waals surface area (Å²) < 4.78 is 14.2. The molecule has 14 heteroatoms. The molecule has 2 aromatic rings. The molecule has 0 bridgehead atoms. The molecule has 0 aliphatic carbocycles. The van der Waals surface area contributed by atoms with Crippen molar-refractivity contribution in [1.82, 2.24) is 30.6 Å². The number of aromatic nitrogens is 2. The number of imide groups is 1. The lowest BCUT2D eigenvalue weighted by molar-refractivity contribution is -0.140. The Morgan fingerprint density at radius 2 is 1.94 bits per heavy atom. The molecule has 1 aromatic heterocycles. The highest BCUT2D eigenvalue weighted by Crippen LogP contribution is 2.34. The van der Waals surface area contributed by atoms with Crippen molar-refractivity contribution >= 4 is 57.8 Å². The Balaban J connectivity index is 1.50. The van der Waals surface area contributed by atoms with Crippen molar-refractivity contribution < 1.29 is 18.8 Å². The first-order valence-electron chi connectivity index (χ1n) is 10.5. The topological polar surface area (TPSA) is 120 Å². The van der Waals surface area contributed by atoms with Gasteiger partial charge in [0.15, 0.2) is 4.34 Å². The molecule has 4 atom stereocenters. The number of hydrogen-bond acceptors (Lipinski definition) is 10. The number of thioether (sulfide) groups is 2. The monoisotopic (exact) mass is 525 g/mol. The number of anilines is 1. The average molecular weight is 526 g/mol. The minimum Gasteiger partial charge on any atom is -0.311 e. The molecule has 0 saturated carbocycles. The van der Waals surface area contributed by atoms with Gasteiger partial charge in [-0.1, -0.05) is 42.2 Å². The Hall–Kier alpha value is -2.26. The van der Waals surface area contributed by atoms with Crippen molar-refractivity contribution in [3.05, 3.63) is 35.6 Å². The first kappa shape index (κ1) is 24.9. The lowest BCUT2D eigenvalue weighted by Crippen LogP contribution is -2.72. The summed E-state index contributed by atoms with van der Waals surface area (Å²) >= 11 is 4.12. The van der Waals surface area contributed by atoms with E-state index in [4.69, 9.17) is 0 Å². The zero-order chi connectivity index (χ0) is 24.4. The van der Waals surface area contributed by atoms with Gasteiger partial charge in [-0.2, -0.15) is 0 Å². The fourth-order valence-corrected chi connectivity index (χ4v) is 6.58. The van der Waals surface area contributed by atoms with Crippen molar-refractivity contribution in [3.8, 4) is 0 Å². The first-order chi connectivity index (χ1) is 16.3. The lowest BCUT2D eigenvalue weighted by atomic mass is 9.96. The molecule has 4 rings (SSSR count). The van der Waals surface area contributed by atoms with Gasteiger partial charge in [0.25, 0.3) is 0 Å². The van der Waals surface area contributed by atoms with E-state index in [9.17, 15) is 18.8 Å². The molecule has 2 aliphatic rings. The maximum Gasteiger partial charge on any atom is 0.327 e. The second-order valence-electron chi connectivity index (χ2n) is 7.67. The molecule has 3 heterocycles. The number of nitrogens with zero attached hydrogens (tertiary/aromatic N) is 4. The van der Waals surface area contributed by atoms with Crippen molar-refractivity contribution in [2.75, 3.05) is 30.9 Å². The van der Waals surface area contributed by atoms with Crippen LogP contribution in [-0.2, 0) is 9.59 Å². The van der Waals surface area contributed by atoms with Gasteiger partial charge in [0.1, 0.15) is 5.82 Å².